The quantitative estimate of drug-likeness (QED) is 0.0854. The Kier molecular flexibility index (Phi) is 7.95. The fraction of sp³-hybridized carbons (Fsp3) is 0.652. The number of benzene rings is 1. The highest BCUT2D eigenvalue weighted by Crippen LogP contribution is 2.55. The summed E-state index contributed by atoms with van der Waals surface area (Å²) in [6, 6.07) is 7.84. The van der Waals surface area contributed by atoms with Crippen molar-refractivity contribution in [3.63, 3.8) is 0 Å². The van der Waals surface area contributed by atoms with Crippen LogP contribution in [0.2, 0.25) is 0 Å². The van der Waals surface area contributed by atoms with Crippen molar-refractivity contribution in [2.45, 2.75) is 43.8 Å². The van der Waals surface area contributed by atoms with Crippen LogP contribution < -0.4 is 21.3 Å². The number of aliphatic hydroxyl groups excluding tert-OH is 1. The number of nitrogens with one attached hydrogen (secondary N) is 2. The molecule has 1 saturated heterocycles. The minimum Gasteiger partial charge on any atom is -0.491 e. The molecular formula is C23H40N5O4+. The Morgan fingerprint density at radius 2 is 2.00 bits per heavy atom. The van der Waals surface area contributed by atoms with Gasteiger partial charge in [0.05, 0.1) is 27.3 Å². The molecule has 0 amide bonds. The number of likely N-dealkylation sites (N-methyl/N-ethyl adjacent to an activating group) is 1. The lowest BCUT2D eigenvalue weighted by atomic mass is 10.0. The third-order valence-electron chi connectivity index (χ3n) is 6.53. The van der Waals surface area contributed by atoms with Gasteiger partial charge in [-0.2, -0.15) is 0 Å². The van der Waals surface area contributed by atoms with Crippen LogP contribution >= 0.6 is 0 Å². The summed E-state index contributed by atoms with van der Waals surface area (Å²) in [5.74, 6) is 6.63. The minimum absolute atomic E-state index is 0.0929. The van der Waals surface area contributed by atoms with Crippen LogP contribution in [0.3, 0.4) is 0 Å². The first-order chi connectivity index (χ1) is 15.2. The highest BCUT2D eigenvalue weighted by Gasteiger charge is 2.78. The number of ether oxygens (including phenoxy) is 3. The van der Waals surface area contributed by atoms with E-state index in [0.29, 0.717) is 30.9 Å². The molecule has 0 aromatic heterocycles. The van der Waals surface area contributed by atoms with Crippen molar-refractivity contribution >= 4 is 0 Å². The fourth-order valence-corrected chi connectivity index (χ4v) is 4.81. The van der Waals surface area contributed by atoms with Crippen LogP contribution in [0.4, 0.5) is 0 Å². The Morgan fingerprint density at radius 1 is 1.25 bits per heavy atom. The number of quaternary nitrogens is 1. The van der Waals surface area contributed by atoms with Gasteiger partial charge in [-0.15, -0.1) is 5.01 Å². The second kappa shape index (κ2) is 10.1. The average Bonchev–Trinajstić information content (AvgIpc) is 3.29. The van der Waals surface area contributed by atoms with Crippen LogP contribution in [0.5, 0.6) is 5.75 Å². The van der Waals surface area contributed by atoms with E-state index in [9.17, 15) is 5.11 Å². The van der Waals surface area contributed by atoms with Crippen LogP contribution in [0.15, 0.2) is 36.4 Å². The Hall–Kier alpha value is -1.56. The highest BCUT2D eigenvalue weighted by atomic mass is 16.5. The van der Waals surface area contributed by atoms with Gasteiger partial charge in [0.25, 0.3) is 0 Å². The zero-order valence-corrected chi connectivity index (χ0v) is 20.0. The van der Waals surface area contributed by atoms with E-state index in [1.165, 1.54) is 0 Å². The Morgan fingerprint density at radius 3 is 2.72 bits per heavy atom. The Balaban J connectivity index is 1.37. The standard InChI is InChI=1S/C23H40N5O4/c1-22(2)23(26-24)12-10-21(28(3,4)27(22)23)31-15-13-25-16-19(29)17-32-20-9-7-6-8-18(20)11-14-30-5/h6-10,12,19,21,25-26,29H,11,13-17,24H2,1-5H3/q+1. The van der Waals surface area contributed by atoms with Gasteiger partial charge < -0.3 is 24.6 Å². The average molecular weight is 451 g/mol. The number of nitrogens with zero attached hydrogens (tertiary/aromatic N) is 2. The topological polar surface area (TPSA) is 101 Å². The Bertz CT molecular complexity index is 787. The van der Waals surface area contributed by atoms with Crippen LogP contribution in [0.1, 0.15) is 19.4 Å². The number of aliphatic hydroxyl groups is 1. The molecule has 2 heterocycles. The summed E-state index contributed by atoms with van der Waals surface area (Å²) < 4.78 is 17.7. The van der Waals surface area contributed by atoms with E-state index in [0.717, 1.165) is 17.7 Å². The number of nitrogens with two attached hydrogens (primary N) is 1. The van der Waals surface area contributed by atoms with Gasteiger partial charge in [0.15, 0.2) is 5.66 Å². The number of para-hydroxylation sites is 1. The van der Waals surface area contributed by atoms with E-state index in [-0.39, 0.29) is 24.0 Å². The molecule has 180 valence electrons. The van der Waals surface area contributed by atoms with E-state index in [1.807, 2.05) is 24.3 Å². The minimum atomic E-state index is -0.609. The SMILES string of the molecule is COCCc1ccccc1OCC(O)CNCCOC1C=CC2(NN)N(C2(C)C)[N+]1(C)C. The number of fused-ring (bicyclic) bond motifs is 1. The van der Waals surface area contributed by atoms with Crippen LogP contribution in [0, 0.1) is 0 Å². The molecule has 4 atom stereocenters. The summed E-state index contributed by atoms with van der Waals surface area (Å²) >= 11 is 0. The molecule has 2 aliphatic heterocycles. The lowest BCUT2D eigenvalue weighted by Gasteiger charge is -2.40. The van der Waals surface area contributed by atoms with E-state index in [1.54, 1.807) is 7.11 Å². The van der Waals surface area contributed by atoms with Crippen LogP contribution in [-0.2, 0) is 15.9 Å². The van der Waals surface area contributed by atoms with Crippen LogP contribution in [-0.4, -0.2) is 92.4 Å². The molecule has 0 bridgehead atoms. The van der Waals surface area contributed by atoms with Gasteiger partial charge in [-0.25, -0.2) is 10.0 Å². The van der Waals surface area contributed by atoms with Crippen molar-refractivity contribution in [1.29, 1.82) is 0 Å². The van der Waals surface area contributed by atoms with E-state index in [2.05, 4.69) is 55.8 Å². The lowest BCUT2D eigenvalue weighted by Crippen LogP contribution is -2.60. The maximum atomic E-state index is 10.3. The van der Waals surface area contributed by atoms with Gasteiger partial charge >= 0.3 is 0 Å². The summed E-state index contributed by atoms with van der Waals surface area (Å²) in [5.41, 5.74) is 3.61. The molecule has 0 radical (unpaired) electrons. The summed E-state index contributed by atoms with van der Waals surface area (Å²) in [6.45, 7) is 6.79. The predicted molar refractivity (Wildman–Crippen MR) is 123 cm³/mol. The van der Waals surface area contributed by atoms with Gasteiger partial charge in [0.2, 0.25) is 6.23 Å². The number of methoxy groups -OCH3 is 1. The fourth-order valence-electron chi connectivity index (χ4n) is 4.81. The van der Waals surface area contributed by atoms with Crippen molar-refractivity contribution in [3.05, 3.63) is 42.0 Å². The van der Waals surface area contributed by atoms with E-state index < -0.39 is 6.10 Å². The molecule has 3 rings (SSSR count). The first-order valence-electron chi connectivity index (χ1n) is 11.2. The lowest BCUT2D eigenvalue weighted by molar-refractivity contribution is -1.02. The number of hydrogen-bond acceptors (Lipinski definition) is 8. The maximum Gasteiger partial charge on any atom is 0.230 e. The molecular weight excluding hydrogens is 410 g/mol. The molecule has 1 aromatic carbocycles. The second-order valence-electron chi connectivity index (χ2n) is 9.40. The molecule has 32 heavy (non-hydrogen) atoms. The number of rotatable bonds is 13. The smallest absolute Gasteiger partial charge is 0.230 e. The molecule has 9 nitrogen and oxygen atoms in total. The first kappa shape index (κ1) is 25.1. The molecule has 5 N–H and O–H groups in total. The molecule has 2 aliphatic rings. The largest absolute Gasteiger partial charge is 0.491 e. The molecule has 1 fully saturated rings. The number of hydrogen-bond donors (Lipinski definition) is 4. The summed E-state index contributed by atoms with van der Waals surface area (Å²) in [7, 11) is 5.92. The monoisotopic (exact) mass is 450 g/mol. The van der Waals surface area contributed by atoms with Crippen molar-refractivity contribution in [1.82, 2.24) is 15.8 Å². The van der Waals surface area contributed by atoms with Gasteiger partial charge in [-0.05, 0) is 38.0 Å². The van der Waals surface area contributed by atoms with Crippen LogP contribution in [0.25, 0.3) is 0 Å². The Labute approximate surface area is 191 Å². The van der Waals surface area contributed by atoms with Gasteiger partial charge in [0, 0.05) is 26.3 Å². The molecule has 1 aromatic rings. The number of hydrazine groups is 1. The maximum absolute atomic E-state index is 10.3. The molecule has 0 saturated carbocycles. The third kappa shape index (κ3) is 4.85. The van der Waals surface area contributed by atoms with Gasteiger partial charge in [-0.1, -0.05) is 18.2 Å². The second-order valence-corrected chi connectivity index (χ2v) is 9.40. The normalized spacial score (nSPS) is 28.2. The summed E-state index contributed by atoms with van der Waals surface area (Å²) in [6.07, 6.45) is 4.24. The zero-order chi connectivity index (χ0) is 23.4. The predicted octanol–water partition coefficient (Wildman–Crippen LogP) is 0.363. The molecule has 0 spiro atoms. The van der Waals surface area contributed by atoms with Gasteiger partial charge in [-0.3, -0.25) is 5.84 Å². The zero-order valence-electron chi connectivity index (χ0n) is 20.0. The molecule has 4 unspecified atom stereocenters. The van der Waals surface area contributed by atoms with Crippen molar-refractivity contribution in [2.75, 3.05) is 54.1 Å². The summed E-state index contributed by atoms with van der Waals surface area (Å²) in [5, 5.41) is 15.8. The van der Waals surface area contributed by atoms with Crippen molar-refractivity contribution < 1.29 is 23.9 Å². The molecule has 0 aliphatic carbocycles. The van der Waals surface area contributed by atoms with E-state index in [4.69, 9.17) is 20.1 Å². The highest BCUT2D eigenvalue weighted by molar-refractivity contribution is 5.33. The van der Waals surface area contributed by atoms with Gasteiger partial charge in [0.1, 0.15) is 24.0 Å². The molecule has 9 heteroatoms. The first-order valence-corrected chi connectivity index (χ1v) is 11.2. The summed E-state index contributed by atoms with van der Waals surface area (Å²) in [4.78, 5) is 0. The van der Waals surface area contributed by atoms with E-state index >= 15 is 0 Å². The van der Waals surface area contributed by atoms with Crippen molar-refractivity contribution in [3.8, 4) is 5.75 Å². The van der Waals surface area contributed by atoms with Crippen molar-refractivity contribution in [2.24, 2.45) is 5.84 Å². The third-order valence-corrected chi connectivity index (χ3v) is 6.53.